The maximum atomic E-state index is 11.6. The third kappa shape index (κ3) is 3.46. The molecule has 0 amide bonds. The molecule has 21 heavy (non-hydrogen) atoms. The van der Waals surface area contributed by atoms with Gasteiger partial charge in [-0.1, -0.05) is 0 Å². The molecular weight excluding hydrogens is 290 g/mol. The molecule has 0 bridgehead atoms. The zero-order valence-electron chi connectivity index (χ0n) is 12.4. The SMILES string of the molecule is CS(=O)(=O)N1CCCC(CC(O)c2cncn2C2CC2)C1. The van der Waals surface area contributed by atoms with E-state index in [9.17, 15) is 13.5 Å². The molecular formula is C14H23N3O3S. The molecule has 2 unspecified atom stereocenters. The third-order valence-electron chi connectivity index (χ3n) is 4.49. The Kier molecular flexibility index (Phi) is 4.07. The summed E-state index contributed by atoms with van der Waals surface area (Å²) in [4.78, 5) is 4.15. The predicted octanol–water partition coefficient (Wildman–Crippen LogP) is 1.31. The molecule has 2 heterocycles. The molecule has 2 atom stereocenters. The minimum Gasteiger partial charge on any atom is -0.387 e. The minimum atomic E-state index is -3.13. The first-order valence-corrected chi connectivity index (χ1v) is 9.45. The summed E-state index contributed by atoms with van der Waals surface area (Å²) in [5, 5.41) is 10.5. The van der Waals surface area contributed by atoms with Crippen LogP contribution in [0.5, 0.6) is 0 Å². The number of nitrogens with zero attached hydrogens (tertiary/aromatic N) is 3. The van der Waals surface area contributed by atoms with Gasteiger partial charge in [0, 0.05) is 19.1 Å². The fourth-order valence-corrected chi connectivity index (χ4v) is 4.13. The van der Waals surface area contributed by atoms with Gasteiger partial charge in [-0.25, -0.2) is 17.7 Å². The van der Waals surface area contributed by atoms with Gasteiger partial charge in [0.2, 0.25) is 10.0 Å². The molecule has 1 saturated heterocycles. The molecule has 1 N–H and O–H groups in total. The molecule has 2 fully saturated rings. The highest BCUT2D eigenvalue weighted by Crippen LogP contribution is 2.38. The lowest BCUT2D eigenvalue weighted by molar-refractivity contribution is 0.116. The van der Waals surface area contributed by atoms with Crippen LogP contribution in [0, 0.1) is 5.92 Å². The summed E-state index contributed by atoms with van der Waals surface area (Å²) >= 11 is 0. The molecule has 1 aliphatic heterocycles. The van der Waals surface area contributed by atoms with Crippen LogP contribution >= 0.6 is 0 Å². The Morgan fingerprint density at radius 1 is 1.43 bits per heavy atom. The summed E-state index contributed by atoms with van der Waals surface area (Å²) in [6.07, 6.45) is 8.98. The van der Waals surface area contributed by atoms with Crippen LogP contribution in [0.2, 0.25) is 0 Å². The molecule has 1 aromatic heterocycles. The summed E-state index contributed by atoms with van der Waals surface area (Å²) in [7, 11) is -3.13. The fraction of sp³-hybridized carbons (Fsp3) is 0.786. The van der Waals surface area contributed by atoms with Crippen molar-refractivity contribution in [1.82, 2.24) is 13.9 Å². The van der Waals surface area contributed by atoms with Crippen molar-refractivity contribution >= 4 is 10.0 Å². The van der Waals surface area contributed by atoms with E-state index >= 15 is 0 Å². The van der Waals surface area contributed by atoms with Crippen LogP contribution in [0.3, 0.4) is 0 Å². The Morgan fingerprint density at radius 3 is 2.86 bits per heavy atom. The monoisotopic (exact) mass is 313 g/mol. The van der Waals surface area contributed by atoms with Gasteiger partial charge in [-0.3, -0.25) is 0 Å². The van der Waals surface area contributed by atoms with Crippen molar-refractivity contribution in [3.63, 3.8) is 0 Å². The van der Waals surface area contributed by atoms with Gasteiger partial charge >= 0.3 is 0 Å². The summed E-state index contributed by atoms with van der Waals surface area (Å²) in [5.41, 5.74) is 0.869. The first-order chi connectivity index (χ1) is 9.95. The van der Waals surface area contributed by atoms with Crippen molar-refractivity contribution in [3.05, 3.63) is 18.2 Å². The van der Waals surface area contributed by atoms with Gasteiger partial charge in [-0.15, -0.1) is 0 Å². The van der Waals surface area contributed by atoms with E-state index in [-0.39, 0.29) is 5.92 Å². The van der Waals surface area contributed by atoms with Gasteiger partial charge in [0.15, 0.2) is 0 Å². The highest BCUT2D eigenvalue weighted by molar-refractivity contribution is 7.88. The van der Waals surface area contributed by atoms with Gasteiger partial charge in [-0.2, -0.15) is 0 Å². The van der Waals surface area contributed by atoms with Crippen molar-refractivity contribution < 1.29 is 13.5 Å². The molecule has 7 heteroatoms. The average molecular weight is 313 g/mol. The van der Waals surface area contributed by atoms with E-state index in [0.29, 0.717) is 25.6 Å². The molecule has 1 aliphatic carbocycles. The number of rotatable bonds is 5. The van der Waals surface area contributed by atoms with E-state index < -0.39 is 16.1 Å². The summed E-state index contributed by atoms with van der Waals surface area (Å²) in [5.74, 6) is 0.214. The molecule has 1 aromatic rings. The van der Waals surface area contributed by atoms with E-state index in [4.69, 9.17) is 0 Å². The zero-order chi connectivity index (χ0) is 15.0. The highest BCUT2D eigenvalue weighted by Gasteiger charge is 2.31. The van der Waals surface area contributed by atoms with Crippen LogP contribution in [0.1, 0.15) is 49.9 Å². The lowest BCUT2D eigenvalue weighted by Gasteiger charge is -2.32. The average Bonchev–Trinajstić information content (AvgIpc) is 3.15. The number of hydrogen-bond acceptors (Lipinski definition) is 4. The smallest absolute Gasteiger partial charge is 0.211 e. The Bertz CT molecular complexity index is 594. The van der Waals surface area contributed by atoms with E-state index in [1.165, 1.54) is 10.6 Å². The van der Waals surface area contributed by atoms with Gasteiger partial charge in [-0.05, 0) is 38.0 Å². The first kappa shape index (κ1) is 15.0. The lowest BCUT2D eigenvalue weighted by Crippen LogP contribution is -2.39. The topological polar surface area (TPSA) is 75.4 Å². The first-order valence-electron chi connectivity index (χ1n) is 7.60. The van der Waals surface area contributed by atoms with Crippen LogP contribution < -0.4 is 0 Å². The molecule has 3 rings (SSSR count). The summed E-state index contributed by atoms with van der Waals surface area (Å²) in [6, 6.07) is 0.496. The van der Waals surface area contributed by atoms with Crippen molar-refractivity contribution in [2.45, 2.75) is 44.2 Å². The van der Waals surface area contributed by atoms with E-state index in [2.05, 4.69) is 9.55 Å². The number of aliphatic hydroxyl groups is 1. The van der Waals surface area contributed by atoms with Crippen molar-refractivity contribution in [1.29, 1.82) is 0 Å². The second kappa shape index (κ2) is 5.70. The normalized spacial score (nSPS) is 25.9. The van der Waals surface area contributed by atoms with Gasteiger partial charge < -0.3 is 9.67 Å². The van der Waals surface area contributed by atoms with Crippen LogP contribution in [0.25, 0.3) is 0 Å². The number of hydrogen-bond donors (Lipinski definition) is 1. The van der Waals surface area contributed by atoms with Crippen molar-refractivity contribution in [3.8, 4) is 0 Å². The molecule has 0 aromatic carbocycles. The molecule has 118 valence electrons. The van der Waals surface area contributed by atoms with Gasteiger partial charge in [0.1, 0.15) is 0 Å². The zero-order valence-corrected chi connectivity index (χ0v) is 13.2. The Balaban J connectivity index is 1.64. The third-order valence-corrected chi connectivity index (χ3v) is 5.75. The van der Waals surface area contributed by atoms with E-state index in [1.54, 1.807) is 12.5 Å². The quantitative estimate of drug-likeness (QED) is 0.889. The number of piperidine rings is 1. The van der Waals surface area contributed by atoms with Gasteiger partial charge in [0.05, 0.1) is 30.6 Å². The lowest BCUT2D eigenvalue weighted by atomic mass is 9.92. The summed E-state index contributed by atoms with van der Waals surface area (Å²) in [6.45, 7) is 1.12. The van der Waals surface area contributed by atoms with Crippen molar-refractivity contribution in [2.75, 3.05) is 19.3 Å². The maximum Gasteiger partial charge on any atom is 0.211 e. The minimum absolute atomic E-state index is 0.214. The second-order valence-electron chi connectivity index (χ2n) is 6.34. The van der Waals surface area contributed by atoms with Crippen LogP contribution in [-0.2, 0) is 10.0 Å². The summed E-state index contributed by atoms with van der Waals surface area (Å²) < 4.78 is 26.9. The molecule has 1 saturated carbocycles. The van der Waals surface area contributed by atoms with Crippen molar-refractivity contribution in [2.24, 2.45) is 5.92 Å². The van der Waals surface area contributed by atoms with Crippen LogP contribution in [0.15, 0.2) is 12.5 Å². The van der Waals surface area contributed by atoms with Crippen LogP contribution in [-0.4, -0.2) is 46.7 Å². The molecule has 2 aliphatic rings. The number of aromatic nitrogens is 2. The number of aliphatic hydroxyl groups excluding tert-OH is 1. The fourth-order valence-electron chi connectivity index (χ4n) is 3.19. The number of sulfonamides is 1. The maximum absolute atomic E-state index is 11.6. The Labute approximate surface area is 125 Å². The van der Waals surface area contributed by atoms with E-state index in [1.807, 2.05) is 0 Å². The molecule has 6 nitrogen and oxygen atoms in total. The van der Waals surface area contributed by atoms with E-state index in [0.717, 1.165) is 31.4 Å². The second-order valence-corrected chi connectivity index (χ2v) is 8.32. The van der Waals surface area contributed by atoms with Gasteiger partial charge in [0.25, 0.3) is 0 Å². The molecule has 0 spiro atoms. The number of imidazole rings is 1. The Morgan fingerprint density at radius 2 is 2.19 bits per heavy atom. The largest absolute Gasteiger partial charge is 0.387 e. The predicted molar refractivity (Wildman–Crippen MR) is 79.2 cm³/mol. The van der Waals surface area contributed by atoms with Crippen LogP contribution in [0.4, 0.5) is 0 Å². The standard InChI is InChI=1S/C14H23N3O3S/c1-21(19,20)16-6-2-3-11(9-16)7-14(18)13-8-15-10-17(13)12-4-5-12/h8,10-12,14,18H,2-7,9H2,1H3. The Hall–Kier alpha value is -0.920. The molecule has 0 radical (unpaired) electrons. The highest BCUT2D eigenvalue weighted by atomic mass is 32.2.